The molecule has 0 aliphatic carbocycles. The van der Waals surface area contributed by atoms with Gasteiger partial charge in [-0.1, -0.05) is 5.16 Å². The molecule has 0 amide bonds. The summed E-state index contributed by atoms with van der Waals surface area (Å²) in [6, 6.07) is 1.67. The van der Waals surface area contributed by atoms with Crippen molar-refractivity contribution in [2.75, 3.05) is 6.54 Å². The van der Waals surface area contributed by atoms with Gasteiger partial charge in [0.05, 0.1) is 0 Å². The summed E-state index contributed by atoms with van der Waals surface area (Å²) >= 11 is 0. The Morgan fingerprint density at radius 2 is 1.76 bits per heavy atom. The van der Waals surface area contributed by atoms with E-state index in [2.05, 4.69) is 15.5 Å². The minimum atomic E-state index is -1.52. The zero-order valence-electron chi connectivity index (χ0n) is 12.0. The SMILES string of the molecule is CC(C)(C)NCCc1nc(-c2cc(F)c(F)c(F)c2)no1. The average Bonchev–Trinajstić information content (AvgIpc) is 2.82. The lowest BCUT2D eigenvalue weighted by molar-refractivity contribution is 0.362. The highest BCUT2D eigenvalue weighted by atomic mass is 19.2. The molecular formula is C14H16F3N3O. The van der Waals surface area contributed by atoms with Crippen LogP contribution in [-0.2, 0) is 6.42 Å². The Bertz CT molecular complexity index is 612. The van der Waals surface area contributed by atoms with Crippen molar-refractivity contribution < 1.29 is 17.7 Å². The molecule has 0 radical (unpaired) electrons. The van der Waals surface area contributed by atoms with E-state index in [9.17, 15) is 13.2 Å². The molecule has 0 spiro atoms. The van der Waals surface area contributed by atoms with Crippen LogP contribution in [0, 0.1) is 17.5 Å². The first-order valence-electron chi connectivity index (χ1n) is 6.49. The number of hydrogen-bond donors (Lipinski definition) is 1. The number of halogens is 3. The molecule has 1 N–H and O–H groups in total. The predicted octanol–water partition coefficient (Wildman–Crippen LogP) is 3.08. The van der Waals surface area contributed by atoms with Crippen LogP contribution in [0.25, 0.3) is 11.4 Å². The summed E-state index contributed by atoms with van der Waals surface area (Å²) in [6.07, 6.45) is 0.483. The Morgan fingerprint density at radius 3 is 2.33 bits per heavy atom. The molecule has 0 fully saturated rings. The second-order valence-corrected chi connectivity index (χ2v) is 5.69. The second kappa shape index (κ2) is 5.85. The molecular weight excluding hydrogens is 283 g/mol. The average molecular weight is 299 g/mol. The Labute approximate surface area is 120 Å². The molecule has 1 heterocycles. The van der Waals surface area contributed by atoms with Gasteiger partial charge in [-0.2, -0.15) is 4.98 Å². The smallest absolute Gasteiger partial charge is 0.228 e. The normalized spacial score (nSPS) is 11.9. The zero-order chi connectivity index (χ0) is 15.6. The zero-order valence-corrected chi connectivity index (χ0v) is 12.0. The van der Waals surface area contributed by atoms with Crippen LogP contribution in [0.1, 0.15) is 26.7 Å². The standard InChI is InChI=1S/C14H16F3N3O/c1-14(2,3)18-5-4-11-19-13(20-21-11)8-6-9(15)12(17)10(16)7-8/h6-7,18H,4-5H2,1-3H3. The van der Waals surface area contributed by atoms with Gasteiger partial charge in [0, 0.05) is 24.1 Å². The Kier molecular flexibility index (Phi) is 4.32. The number of aromatic nitrogens is 2. The molecule has 1 aromatic heterocycles. The van der Waals surface area contributed by atoms with Gasteiger partial charge in [0.2, 0.25) is 11.7 Å². The Balaban J connectivity index is 2.10. The van der Waals surface area contributed by atoms with Gasteiger partial charge in [0.1, 0.15) is 0 Å². The number of rotatable bonds is 4. The first kappa shape index (κ1) is 15.5. The lowest BCUT2D eigenvalue weighted by Crippen LogP contribution is -2.37. The molecule has 0 bridgehead atoms. The van der Waals surface area contributed by atoms with E-state index >= 15 is 0 Å². The van der Waals surface area contributed by atoms with Gasteiger partial charge in [-0.15, -0.1) is 0 Å². The van der Waals surface area contributed by atoms with E-state index in [1.165, 1.54) is 0 Å². The fourth-order valence-electron chi connectivity index (χ4n) is 1.70. The third-order valence-electron chi connectivity index (χ3n) is 2.70. The van der Waals surface area contributed by atoms with E-state index < -0.39 is 17.5 Å². The summed E-state index contributed by atoms with van der Waals surface area (Å²) in [5, 5.41) is 6.89. The van der Waals surface area contributed by atoms with Crippen LogP contribution >= 0.6 is 0 Å². The Morgan fingerprint density at radius 1 is 1.14 bits per heavy atom. The fourth-order valence-corrected chi connectivity index (χ4v) is 1.70. The molecule has 2 aromatic rings. The summed E-state index contributed by atoms with van der Waals surface area (Å²) in [5.74, 6) is -3.72. The third-order valence-corrected chi connectivity index (χ3v) is 2.70. The van der Waals surface area contributed by atoms with Gasteiger partial charge in [0.15, 0.2) is 17.5 Å². The quantitative estimate of drug-likeness (QED) is 0.881. The van der Waals surface area contributed by atoms with Crippen LogP contribution in [0.15, 0.2) is 16.7 Å². The summed E-state index contributed by atoms with van der Waals surface area (Å²) in [6.45, 7) is 6.69. The van der Waals surface area contributed by atoms with Crippen molar-refractivity contribution in [1.82, 2.24) is 15.5 Å². The van der Waals surface area contributed by atoms with Gasteiger partial charge in [0.25, 0.3) is 0 Å². The van der Waals surface area contributed by atoms with Gasteiger partial charge >= 0.3 is 0 Å². The summed E-state index contributed by atoms with van der Waals surface area (Å²) in [4.78, 5) is 4.04. The van der Waals surface area contributed by atoms with E-state index in [1.54, 1.807) is 0 Å². The van der Waals surface area contributed by atoms with E-state index in [-0.39, 0.29) is 16.9 Å². The molecule has 1 aromatic carbocycles. The van der Waals surface area contributed by atoms with Crippen LogP contribution in [0.3, 0.4) is 0 Å². The number of nitrogens with zero attached hydrogens (tertiary/aromatic N) is 2. The monoisotopic (exact) mass is 299 g/mol. The maximum absolute atomic E-state index is 13.2. The first-order valence-corrected chi connectivity index (χ1v) is 6.49. The van der Waals surface area contributed by atoms with Crippen molar-refractivity contribution in [2.24, 2.45) is 0 Å². The minimum Gasteiger partial charge on any atom is -0.339 e. The van der Waals surface area contributed by atoms with Crippen LogP contribution in [0.5, 0.6) is 0 Å². The summed E-state index contributed by atoms with van der Waals surface area (Å²) in [7, 11) is 0. The molecule has 7 heteroatoms. The van der Waals surface area contributed by atoms with Crippen molar-refractivity contribution in [1.29, 1.82) is 0 Å². The largest absolute Gasteiger partial charge is 0.339 e. The minimum absolute atomic E-state index is 0.0264. The topological polar surface area (TPSA) is 51.0 Å². The van der Waals surface area contributed by atoms with Crippen molar-refractivity contribution >= 4 is 0 Å². The molecule has 2 rings (SSSR count). The predicted molar refractivity (Wildman–Crippen MR) is 71.1 cm³/mol. The lowest BCUT2D eigenvalue weighted by atomic mass is 10.1. The molecule has 0 aliphatic heterocycles. The van der Waals surface area contributed by atoms with E-state index in [0.717, 1.165) is 12.1 Å². The van der Waals surface area contributed by atoms with Crippen molar-refractivity contribution in [3.05, 3.63) is 35.5 Å². The van der Waals surface area contributed by atoms with Crippen LogP contribution in [-0.4, -0.2) is 22.2 Å². The number of hydrogen-bond acceptors (Lipinski definition) is 4. The fraction of sp³-hybridized carbons (Fsp3) is 0.429. The van der Waals surface area contributed by atoms with E-state index in [1.807, 2.05) is 20.8 Å². The highest BCUT2D eigenvalue weighted by Crippen LogP contribution is 2.21. The highest BCUT2D eigenvalue weighted by Gasteiger charge is 2.16. The van der Waals surface area contributed by atoms with Crippen molar-refractivity contribution in [3.8, 4) is 11.4 Å². The molecule has 0 saturated heterocycles. The molecule has 0 aliphatic rings. The maximum atomic E-state index is 13.2. The Hall–Kier alpha value is -1.89. The van der Waals surface area contributed by atoms with Crippen molar-refractivity contribution in [2.45, 2.75) is 32.7 Å². The molecule has 0 saturated carbocycles. The van der Waals surface area contributed by atoms with Gasteiger partial charge in [-0.3, -0.25) is 0 Å². The molecule has 114 valence electrons. The molecule has 0 atom stereocenters. The first-order chi connectivity index (χ1) is 9.76. The van der Waals surface area contributed by atoms with Gasteiger partial charge in [-0.25, -0.2) is 13.2 Å². The number of benzene rings is 1. The molecule has 0 unspecified atom stereocenters. The van der Waals surface area contributed by atoms with Gasteiger partial charge in [-0.05, 0) is 32.9 Å². The van der Waals surface area contributed by atoms with Gasteiger partial charge < -0.3 is 9.84 Å². The summed E-state index contributed by atoms with van der Waals surface area (Å²) in [5.41, 5.74) is -0.00307. The lowest BCUT2D eigenvalue weighted by Gasteiger charge is -2.19. The van der Waals surface area contributed by atoms with E-state index in [4.69, 9.17) is 4.52 Å². The molecule has 21 heavy (non-hydrogen) atoms. The molecule has 4 nitrogen and oxygen atoms in total. The maximum Gasteiger partial charge on any atom is 0.228 e. The number of nitrogens with one attached hydrogen (secondary N) is 1. The van der Waals surface area contributed by atoms with Crippen molar-refractivity contribution in [3.63, 3.8) is 0 Å². The second-order valence-electron chi connectivity index (χ2n) is 5.69. The van der Waals surface area contributed by atoms with Crippen LogP contribution in [0.2, 0.25) is 0 Å². The third kappa shape index (κ3) is 4.04. The summed E-state index contributed by atoms with van der Waals surface area (Å²) < 4.78 is 44.2. The van der Waals surface area contributed by atoms with Crippen LogP contribution < -0.4 is 5.32 Å². The van der Waals surface area contributed by atoms with E-state index in [0.29, 0.717) is 18.9 Å². The van der Waals surface area contributed by atoms with Crippen LogP contribution in [0.4, 0.5) is 13.2 Å². The highest BCUT2D eigenvalue weighted by molar-refractivity contribution is 5.54.